The van der Waals surface area contributed by atoms with Crippen LogP contribution < -0.4 is 0 Å². The lowest BCUT2D eigenvalue weighted by Gasteiger charge is -2.32. The van der Waals surface area contributed by atoms with E-state index in [1.165, 1.54) is 11.2 Å². The van der Waals surface area contributed by atoms with Crippen molar-refractivity contribution in [2.24, 2.45) is 0 Å². The van der Waals surface area contributed by atoms with Gasteiger partial charge in [0.1, 0.15) is 6.33 Å². The third-order valence-corrected chi connectivity index (χ3v) is 4.88. The Labute approximate surface area is 124 Å². The maximum Gasteiger partial charge on any atom is 0.239 e. The van der Waals surface area contributed by atoms with E-state index in [1.54, 1.807) is 11.3 Å². The van der Waals surface area contributed by atoms with Crippen LogP contribution in [0.15, 0.2) is 28.4 Å². The number of ether oxygens (including phenoxy) is 1. The van der Waals surface area contributed by atoms with Crippen LogP contribution in [0.5, 0.6) is 0 Å². The maximum atomic E-state index is 5.56. The topological polar surface area (TPSA) is 89.7 Å². The van der Waals surface area contributed by atoms with Gasteiger partial charge in [-0.25, -0.2) is 4.98 Å². The fourth-order valence-corrected chi connectivity index (χ4v) is 3.64. The highest BCUT2D eigenvalue weighted by Gasteiger charge is 2.42. The summed E-state index contributed by atoms with van der Waals surface area (Å²) in [6, 6.07) is 4.17. The number of hydrogen-bond acceptors (Lipinski definition) is 7. The van der Waals surface area contributed by atoms with Crippen LogP contribution in [0.1, 0.15) is 23.6 Å². The first-order valence-corrected chi connectivity index (χ1v) is 7.58. The molecule has 8 heteroatoms. The quantitative estimate of drug-likeness (QED) is 0.796. The molecule has 0 aromatic carbocycles. The Hall–Kier alpha value is -2.06. The van der Waals surface area contributed by atoms with Gasteiger partial charge in [0.15, 0.2) is 5.82 Å². The van der Waals surface area contributed by atoms with Gasteiger partial charge in [-0.1, -0.05) is 11.2 Å². The lowest BCUT2D eigenvalue weighted by Crippen LogP contribution is -2.34. The van der Waals surface area contributed by atoms with Crippen molar-refractivity contribution in [1.29, 1.82) is 0 Å². The second-order valence-electron chi connectivity index (χ2n) is 4.93. The van der Waals surface area contributed by atoms with Gasteiger partial charge in [-0.15, -0.1) is 11.3 Å². The van der Waals surface area contributed by atoms with E-state index in [0.29, 0.717) is 30.8 Å². The first-order valence-electron chi connectivity index (χ1n) is 6.70. The molecule has 1 fully saturated rings. The Morgan fingerprint density at radius 3 is 2.90 bits per heavy atom. The van der Waals surface area contributed by atoms with E-state index in [4.69, 9.17) is 9.26 Å². The number of rotatable bonds is 3. The summed E-state index contributed by atoms with van der Waals surface area (Å²) in [7, 11) is 0. The van der Waals surface area contributed by atoms with Crippen LogP contribution in [-0.4, -0.2) is 38.5 Å². The fourth-order valence-electron chi connectivity index (χ4n) is 2.66. The number of nitrogens with zero attached hydrogens (tertiary/aromatic N) is 4. The first-order chi connectivity index (χ1) is 10.4. The van der Waals surface area contributed by atoms with Crippen molar-refractivity contribution >= 4 is 11.3 Å². The molecule has 1 N–H and O–H groups in total. The van der Waals surface area contributed by atoms with Gasteiger partial charge in [-0.05, 0) is 24.3 Å². The number of H-pyrrole nitrogens is 1. The van der Waals surface area contributed by atoms with Crippen molar-refractivity contribution in [3.63, 3.8) is 0 Å². The van der Waals surface area contributed by atoms with Gasteiger partial charge < -0.3 is 9.26 Å². The molecule has 7 nitrogen and oxygen atoms in total. The van der Waals surface area contributed by atoms with Gasteiger partial charge in [0.05, 0.1) is 5.41 Å². The molecule has 3 aromatic rings. The van der Waals surface area contributed by atoms with Crippen molar-refractivity contribution in [3.8, 4) is 11.6 Å². The Kier molecular flexibility index (Phi) is 3.04. The van der Waals surface area contributed by atoms with Gasteiger partial charge in [0.2, 0.25) is 11.7 Å². The molecule has 3 aromatic heterocycles. The molecule has 0 bridgehead atoms. The third-order valence-electron chi connectivity index (χ3n) is 3.80. The van der Waals surface area contributed by atoms with E-state index in [1.807, 2.05) is 6.07 Å². The fraction of sp³-hybridized carbons (Fsp3) is 0.385. The zero-order chi connectivity index (χ0) is 14.1. The van der Waals surface area contributed by atoms with Crippen LogP contribution in [0.4, 0.5) is 0 Å². The second kappa shape index (κ2) is 5.05. The molecule has 4 rings (SSSR count). The standard InChI is InChI=1S/C13H13N5O2S/c1-2-9(21-7-1)13(3-5-19-6-4-13)12-16-11(18-20-12)10-14-8-15-17-10/h1-2,7-8H,3-6H2,(H,14,15,17). The number of thiophene rings is 1. The van der Waals surface area contributed by atoms with Crippen molar-refractivity contribution in [1.82, 2.24) is 25.3 Å². The van der Waals surface area contributed by atoms with Crippen LogP contribution in [0.2, 0.25) is 0 Å². The Balaban J connectivity index is 1.77. The summed E-state index contributed by atoms with van der Waals surface area (Å²) in [6.45, 7) is 1.38. The lowest BCUT2D eigenvalue weighted by atomic mass is 9.78. The van der Waals surface area contributed by atoms with Gasteiger partial charge >= 0.3 is 0 Å². The van der Waals surface area contributed by atoms with Crippen LogP contribution >= 0.6 is 11.3 Å². The molecule has 21 heavy (non-hydrogen) atoms. The van der Waals surface area contributed by atoms with Gasteiger partial charge in [-0.2, -0.15) is 10.1 Å². The van der Waals surface area contributed by atoms with Crippen LogP contribution in [0.25, 0.3) is 11.6 Å². The Morgan fingerprint density at radius 2 is 2.19 bits per heavy atom. The number of aromatic amines is 1. The highest BCUT2D eigenvalue weighted by Crippen LogP contribution is 2.42. The molecular formula is C13H13N5O2S. The summed E-state index contributed by atoms with van der Waals surface area (Å²) in [6.07, 6.45) is 3.10. The van der Waals surface area contributed by atoms with Crippen LogP contribution in [-0.2, 0) is 10.2 Å². The monoisotopic (exact) mass is 303 g/mol. The minimum atomic E-state index is -0.252. The molecule has 108 valence electrons. The van der Waals surface area contributed by atoms with Gasteiger partial charge in [-0.3, -0.25) is 5.10 Å². The van der Waals surface area contributed by atoms with Crippen LogP contribution in [0.3, 0.4) is 0 Å². The van der Waals surface area contributed by atoms with E-state index in [-0.39, 0.29) is 5.41 Å². The summed E-state index contributed by atoms with van der Waals surface area (Å²) in [4.78, 5) is 9.84. The zero-order valence-electron chi connectivity index (χ0n) is 11.2. The predicted octanol–water partition coefficient (Wildman–Crippen LogP) is 2.01. The minimum absolute atomic E-state index is 0.252. The van der Waals surface area contributed by atoms with Crippen molar-refractivity contribution in [3.05, 3.63) is 34.6 Å². The minimum Gasteiger partial charge on any atom is -0.381 e. The van der Waals surface area contributed by atoms with Gasteiger partial charge in [0, 0.05) is 18.1 Å². The van der Waals surface area contributed by atoms with E-state index in [2.05, 4.69) is 36.8 Å². The normalized spacial score (nSPS) is 17.9. The van der Waals surface area contributed by atoms with Crippen molar-refractivity contribution in [2.75, 3.05) is 13.2 Å². The molecule has 0 aliphatic carbocycles. The molecule has 1 aliphatic rings. The molecule has 0 saturated carbocycles. The highest BCUT2D eigenvalue weighted by atomic mass is 32.1. The SMILES string of the molecule is c1csc(C2(c3nc(-c4ncn[nH]4)no3)CCOCC2)c1. The van der Waals surface area contributed by atoms with Crippen LogP contribution in [0, 0.1) is 0 Å². The smallest absolute Gasteiger partial charge is 0.239 e. The average Bonchev–Trinajstić information content (AvgIpc) is 3.27. The predicted molar refractivity (Wildman–Crippen MR) is 74.8 cm³/mol. The summed E-state index contributed by atoms with van der Waals surface area (Å²) in [5, 5.41) is 12.7. The van der Waals surface area contributed by atoms with E-state index >= 15 is 0 Å². The summed E-state index contributed by atoms with van der Waals surface area (Å²) >= 11 is 1.71. The van der Waals surface area contributed by atoms with Crippen molar-refractivity contribution in [2.45, 2.75) is 18.3 Å². The number of nitrogens with one attached hydrogen (secondary N) is 1. The Bertz CT molecular complexity index is 701. The summed E-state index contributed by atoms with van der Waals surface area (Å²) in [5.41, 5.74) is -0.252. The zero-order valence-corrected chi connectivity index (χ0v) is 12.0. The van der Waals surface area contributed by atoms with Gasteiger partial charge in [0.25, 0.3) is 0 Å². The summed E-state index contributed by atoms with van der Waals surface area (Å²) in [5.74, 6) is 1.57. The molecule has 4 heterocycles. The summed E-state index contributed by atoms with van der Waals surface area (Å²) < 4.78 is 11.1. The maximum absolute atomic E-state index is 5.56. The molecular weight excluding hydrogens is 290 g/mol. The second-order valence-corrected chi connectivity index (χ2v) is 5.88. The molecule has 1 saturated heterocycles. The third kappa shape index (κ3) is 2.07. The van der Waals surface area contributed by atoms with E-state index in [0.717, 1.165) is 12.8 Å². The van der Waals surface area contributed by atoms with E-state index in [9.17, 15) is 0 Å². The molecule has 0 unspecified atom stereocenters. The number of hydrogen-bond donors (Lipinski definition) is 1. The molecule has 0 radical (unpaired) electrons. The first kappa shape index (κ1) is 12.7. The molecule has 0 amide bonds. The molecule has 0 spiro atoms. The Morgan fingerprint density at radius 1 is 1.29 bits per heavy atom. The highest BCUT2D eigenvalue weighted by molar-refractivity contribution is 7.10. The average molecular weight is 303 g/mol. The lowest BCUT2D eigenvalue weighted by molar-refractivity contribution is 0.0535. The molecule has 0 atom stereocenters. The van der Waals surface area contributed by atoms with E-state index < -0.39 is 0 Å². The number of aromatic nitrogens is 5. The van der Waals surface area contributed by atoms with Crippen molar-refractivity contribution < 1.29 is 9.26 Å². The largest absolute Gasteiger partial charge is 0.381 e. The molecule has 1 aliphatic heterocycles.